The van der Waals surface area contributed by atoms with Gasteiger partial charge in [0.15, 0.2) is 0 Å². The molecule has 6 nitrogen and oxygen atoms in total. The number of amides is 1. The van der Waals surface area contributed by atoms with Crippen LogP contribution < -0.4 is 14.8 Å². The monoisotopic (exact) mass is 336 g/mol. The van der Waals surface area contributed by atoms with Gasteiger partial charge < -0.3 is 19.5 Å². The Bertz CT molecular complexity index is 542. The average Bonchev–Trinajstić information content (AvgIpc) is 2.61. The van der Waals surface area contributed by atoms with E-state index in [4.69, 9.17) is 14.2 Å². The molecule has 1 N–H and O–H groups in total. The van der Waals surface area contributed by atoms with Gasteiger partial charge in [-0.15, -0.1) is 0 Å². The number of hydrogen-bond acceptors (Lipinski definition) is 5. The number of hydrogen-bond donors (Lipinski definition) is 1. The lowest BCUT2D eigenvalue weighted by molar-refractivity contribution is -0.123. The Hall–Kier alpha value is -1.79. The SMILES string of the molecule is COc1ccc(OC)c(C(C)NC(=O)CN2CCC(OC)CC2)c1. The lowest BCUT2D eigenvalue weighted by atomic mass is 10.1. The molecule has 134 valence electrons. The molecular weight excluding hydrogens is 308 g/mol. The van der Waals surface area contributed by atoms with E-state index >= 15 is 0 Å². The van der Waals surface area contributed by atoms with Gasteiger partial charge in [0, 0.05) is 25.8 Å². The van der Waals surface area contributed by atoms with Crippen LogP contribution in [0.15, 0.2) is 18.2 Å². The van der Waals surface area contributed by atoms with Crippen LogP contribution in [-0.2, 0) is 9.53 Å². The number of methoxy groups -OCH3 is 3. The van der Waals surface area contributed by atoms with Gasteiger partial charge in [-0.3, -0.25) is 9.69 Å². The Morgan fingerprint density at radius 2 is 1.96 bits per heavy atom. The molecule has 6 heteroatoms. The Morgan fingerprint density at radius 3 is 2.54 bits per heavy atom. The molecule has 1 aliphatic rings. The van der Waals surface area contributed by atoms with Crippen molar-refractivity contribution in [2.45, 2.75) is 31.9 Å². The van der Waals surface area contributed by atoms with Crippen LogP contribution in [0.25, 0.3) is 0 Å². The van der Waals surface area contributed by atoms with Crippen molar-refractivity contribution in [1.82, 2.24) is 10.2 Å². The van der Waals surface area contributed by atoms with Crippen molar-refractivity contribution in [2.75, 3.05) is 41.0 Å². The number of likely N-dealkylation sites (tertiary alicyclic amines) is 1. The Labute approximate surface area is 144 Å². The van der Waals surface area contributed by atoms with E-state index in [2.05, 4.69) is 10.2 Å². The molecule has 0 bridgehead atoms. The third-order valence-corrected chi connectivity index (χ3v) is 4.52. The molecule has 1 aromatic carbocycles. The number of nitrogens with one attached hydrogen (secondary N) is 1. The molecule has 1 heterocycles. The number of ether oxygens (including phenoxy) is 3. The topological polar surface area (TPSA) is 60.0 Å². The van der Waals surface area contributed by atoms with Gasteiger partial charge in [0.1, 0.15) is 11.5 Å². The highest BCUT2D eigenvalue weighted by Crippen LogP contribution is 2.29. The summed E-state index contributed by atoms with van der Waals surface area (Å²) < 4.78 is 16.0. The van der Waals surface area contributed by atoms with Gasteiger partial charge in [0.25, 0.3) is 0 Å². The second kappa shape index (κ2) is 8.89. The van der Waals surface area contributed by atoms with Crippen LogP contribution in [0.3, 0.4) is 0 Å². The molecule has 0 saturated carbocycles. The minimum atomic E-state index is -0.154. The minimum absolute atomic E-state index is 0.0169. The summed E-state index contributed by atoms with van der Waals surface area (Å²) in [7, 11) is 4.99. The summed E-state index contributed by atoms with van der Waals surface area (Å²) in [6.07, 6.45) is 2.27. The first-order valence-electron chi connectivity index (χ1n) is 8.33. The maximum atomic E-state index is 12.3. The largest absolute Gasteiger partial charge is 0.497 e. The zero-order valence-electron chi connectivity index (χ0n) is 15.0. The van der Waals surface area contributed by atoms with Crippen molar-refractivity contribution < 1.29 is 19.0 Å². The molecule has 1 unspecified atom stereocenters. The molecule has 2 rings (SSSR count). The van der Waals surface area contributed by atoms with Crippen LogP contribution in [0.1, 0.15) is 31.4 Å². The summed E-state index contributed by atoms with van der Waals surface area (Å²) >= 11 is 0. The fraction of sp³-hybridized carbons (Fsp3) is 0.611. The van der Waals surface area contributed by atoms with Crippen LogP contribution in [0.2, 0.25) is 0 Å². The molecule has 1 aliphatic heterocycles. The molecular formula is C18H28N2O4. The van der Waals surface area contributed by atoms with Gasteiger partial charge in [-0.2, -0.15) is 0 Å². The van der Waals surface area contributed by atoms with Crippen molar-refractivity contribution >= 4 is 5.91 Å². The van der Waals surface area contributed by atoms with Crippen LogP contribution in [0, 0.1) is 0 Å². The van der Waals surface area contributed by atoms with Gasteiger partial charge in [0.2, 0.25) is 5.91 Å². The number of nitrogens with zero attached hydrogens (tertiary/aromatic N) is 1. The smallest absolute Gasteiger partial charge is 0.234 e. The molecule has 1 atom stereocenters. The van der Waals surface area contributed by atoms with Crippen molar-refractivity contribution in [1.29, 1.82) is 0 Å². The van der Waals surface area contributed by atoms with Gasteiger partial charge in [-0.25, -0.2) is 0 Å². The van der Waals surface area contributed by atoms with Crippen molar-refractivity contribution in [3.63, 3.8) is 0 Å². The molecule has 1 amide bonds. The molecule has 0 spiro atoms. The minimum Gasteiger partial charge on any atom is -0.497 e. The fourth-order valence-corrected chi connectivity index (χ4v) is 3.05. The highest BCUT2D eigenvalue weighted by atomic mass is 16.5. The summed E-state index contributed by atoms with van der Waals surface area (Å²) in [4.78, 5) is 14.5. The van der Waals surface area contributed by atoms with E-state index in [1.165, 1.54) is 0 Å². The van der Waals surface area contributed by atoms with Crippen LogP contribution >= 0.6 is 0 Å². The van der Waals surface area contributed by atoms with Crippen molar-refractivity contribution in [3.05, 3.63) is 23.8 Å². The quantitative estimate of drug-likeness (QED) is 0.825. The first-order valence-corrected chi connectivity index (χ1v) is 8.33. The van der Waals surface area contributed by atoms with Gasteiger partial charge >= 0.3 is 0 Å². The number of piperidine rings is 1. The first-order chi connectivity index (χ1) is 11.6. The summed E-state index contributed by atoms with van der Waals surface area (Å²) in [5.41, 5.74) is 0.906. The fourth-order valence-electron chi connectivity index (χ4n) is 3.05. The Balaban J connectivity index is 1.92. The second-order valence-corrected chi connectivity index (χ2v) is 6.11. The predicted octanol–water partition coefficient (Wildman–Crippen LogP) is 1.99. The third kappa shape index (κ3) is 4.85. The predicted molar refractivity (Wildman–Crippen MR) is 92.6 cm³/mol. The van der Waals surface area contributed by atoms with Gasteiger partial charge in [-0.05, 0) is 38.0 Å². The lowest BCUT2D eigenvalue weighted by Gasteiger charge is -2.31. The van der Waals surface area contributed by atoms with Crippen molar-refractivity contribution in [2.24, 2.45) is 0 Å². The summed E-state index contributed by atoms with van der Waals surface area (Å²) in [5.74, 6) is 1.50. The Morgan fingerprint density at radius 1 is 1.25 bits per heavy atom. The van der Waals surface area contributed by atoms with Gasteiger partial charge in [-0.1, -0.05) is 0 Å². The number of carbonyl (C=O) groups is 1. The van der Waals surface area contributed by atoms with E-state index in [9.17, 15) is 4.79 Å². The normalized spacial score (nSPS) is 17.3. The molecule has 0 radical (unpaired) electrons. The second-order valence-electron chi connectivity index (χ2n) is 6.11. The van der Waals surface area contributed by atoms with E-state index in [-0.39, 0.29) is 11.9 Å². The summed E-state index contributed by atoms with van der Waals surface area (Å²) in [5, 5.41) is 3.05. The summed E-state index contributed by atoms with van der Waals surface area (Å²) in [6.45, 7) is 4.14. The number of carbonyl (C=O) groups excluding carboxylic acids is 1. The molecule has 1 aromatic rings. The van der Waals surface area contributed by atoms with E-state index in [1.54, 1.807) is 21.3 Å². The van der Waals surface area contributed by atoms with E-state index in [0.717, 1.165) is 43.0 Å². The van der Waals surface area contributed by atoms with E-state index < -0.39 is 0 Å². The molecule has 0 aromatic heterocycles. The lowest BCUT2D eigenvalue weighted by Crippen LogP contribution is -2.43. The van der Waals surface area contributed by atoms with Crippen LogP contribution in [0.4, 0.5) is 0 Å². The van der Waals surface area contributed by atoms with Crippen molar-refractivity contribution in [3.8, 4) is 11.5 Å². The average molecular weight is 336 g/mol. The van der Waals surface area contributed by atoms with E-state index in [1.807, 2.05) is 25.1 Å². The van der Waals surface area contributed by atoms with Gasteiger partial charge in [0.05, 0.1) is 32.9 Å². The molecule has 1 fully saturated rings. The zero-order chi connectivity index (χ0) is 17.5. The molecule has 0 aliphatic carbocycles. The Kier molecular flexibility index (Phi) is 6.87. The highest BCUT2D eigenvalue weighted by molar-refractivity contribution is 5.78. The van der Waals surface area contributed by atoms with E-state index in [0.29, 0.717) is 12.6 Å². The van der Waals surface area contributed by atoms with Crippen LogP contribution in [-0.4, -0.2) is 57.9 Å². The summed E-state index contributed by atoms with van der Waals surface area (Å²) in [6, 6.07) is 5.44. The zero-order valence-corrected chi connectivity index (χ0v) is 15.0. The maximum absolute atomic E-state index is 12.3. The van der Waals surface area contributed by atoms with Crippen LogP contribution in [0.5, 0.6) is 11.5 Å². The maximum Gasteiger partial charge on any atom is 0.234 e. The third-order valence-electron chi connectivity index (χ3n) is 4.52. The first kappa shape index (κ1) is 18.5. The standard InChI is InChI=1S/C18H28N2O4/c1-13(16-11-15(23-3)5-6-17(16)24-4)19-18(21)12-20-9-7-14(22-2)8-10-20/h5-6,11,13-14H,7-10,12H2,1-4H3,(H,19,21). The molecule has 1 saturated heterocycles. The highest BCUT2D eigenvalue weighted by Gasteiger charge is 2.22. The molecule has 24 heavy (non-hydrogen) atoms. The number of rotatable bonds is 7. The number of benzene rings is 1.